The summed E-state index contributed by atoms with van der Waals surface area (Å²) in [4.78, 5) is 11.4. The minimum atomic E-state index is -0.333. The summed E-state index contributed by atoms with van der Waals surface area (Å²) < 4.78 is 5.57. The molecule has 1 aromatic carbocycles. The van der Waals surface area contributed by atoms with Gasteiger partial charge in [-0.25, -0.2) is 0 Å². The number of hydrogen-bond donors (Lipinski definition) is 0. The van der Waals surface area contributed by atoms with Gasteiger partial charge < -0.3 is 4.74 Å². The summed E-state index contributed by atoms with van der Waals surface area (Å²) >= 11 is 0. The van der Waals surface area contributed by atoms with Gasteiger partial charge in [-0.3, -0.25) is 4.79 Å². The number of carbonyl (C=O) groups excluding carboxylic acids is 1. The fourth-order valence-electron chi connectivity index (χ4n) is 3.00. The Morgan fingerprint density at radius 1 is 1.32 bits per heavy atom. The first-order valence-electron chi connectivity index (χ1n) is 6.86. The molecule has 1 fully saturated rings. The van der Waals surface area contributed by atoms with Crippen molar-refractivity contribution >= 4 is 5.97 Å². The maximum atomic E-state index is 11.4. The van der Waals surface area contributed by atoms with Crippen LogP contribution >= 0.6 is 0 Å². The highest BCUT2D eigenvalue weighted by Crippen LogP contribution is 2.41. The lowest BCUT2D eigenvalue weighted by Crippen LogP contribution is -2.43. The molecule has 0 amide bonds. The fourth-order valence-corrected chi connectivity index (χ4v) is 3.00. The summed E-state index contributed by atoms with van der Waals surface area (Å²) in [6, 6.07) is 10.2. The van der Waals surface area contributed by atoms with E-state index in [0.29, 0.717) is 0 Å². The molecule has 0 aliphatic heterocycles. The molecule has 0 N–H and O–H groups in total. The molecule has 1 aliphatic carbocycles. The second kappa shape index (κ2) is 5.93. The van der Waals surface area contributed by atoms with E-state index < -0.39 is 0 Å². The summed E-state index contributed by atoms with van der Waals surface area (Å²) in [5.74, 6) is 6.16. The molecular formula is C17H20O2. The molecule has 0 bridgehead atoms. The van der Waals surface area contributed by atoms with Crippen LogP contribution in [0.15, 0.2) is 30.3 Å². The highest BCUT2D eigenvalue weighted by Gasteiger charge is 2.43. The molecule has 2 nitrogen and oxygen atoms in total. The van der Waals surface area contributed by atoms with E-state index in [0.717, 1.165) is 31.2 Å². The minimum absolute atomic E-state index is 0.131. The monoisotopic (exact) mass is 256 g/mol. The summed E-state index contributed by atoms with van der Waals surface area (Å²) in [6.07, 6.45) is 3.94. The zero-order chi connectivity index (χ0) is 13.7. The first kappa shape index (κ1) is 13.7. The second-order valence-corrected chi connectivity index (χ2v) is 5.06. The van der Waals surface area contributed by atoms with E-state index >= 15 is 0 Å². The van der Waals surface area contributed by atoms with Gasteiger partial charge in [-0.05, 0) is 31.7 Å². The van der Waals surface area contributed by atoms with Crippen LogP contribution in [0.1, 0.15) is 45.1 Å². The van der Waals surface area contributed by atoms with E-state index in [1.165, 1.54) is 6.92 Å². The molecule has 1 saturated carbocycles. The van der Waals surface area contributed by atoms with Crippen molar-refractivity contribution in [1.82, 2.24) is 0 Å². The smallest absolute Gasteiger partial charge is 0.302 e. The molecule has 100 valence electrons. The summed E-state index contributed by atoms with van der Waals surface area (Å²) in [7, 11) is 0. The van der Waals surface area contributed by atoms with Crippen molar-refractivity contribution in [2.24, 2.45) is 0 Å². The van der Waals surface area contributed by atoms with E-state index in [9.17, 15) is 4.79 Å². The quantitative estimate of drug-likeness (QED) is 0.598. The Balaban J connectivity index is 2.44. The van der Waals surface area contributed by atoms with E-state index in [2.05, 4.69) is 24.0 Å². The van der Waals surface area contributed by atoms with Crippen molar-refractivity contribution in [3.63, 3.8) is 0 Å². The molecular weight excluding hydrogens is 236 g/mol. The molecule has 1 aliphatic rings. The molecule has 2 atom stereocenters. The van der Waals surface area contributed by atoms with Gasteiger partial charge in [0.15, 0.2) is 0 Å². The summed E-state index contributed by atoms with van der Waals surface area (Å²) in [6.45, 7) is 3.33. The highest BCUT2D eigenvalue weighted by molar-refractivity contribution is 5.66. The lowest BCUT2D eigenvalue weighted by atomic mass is 9.67. The van der Waals surface area contributed by atoms with Crippen LogP contribution in [0.2, 0.25) is 0 Å². The molecule has 0 spiro atoms. The number of carbonyl (C=O) groups is 1. The maximum Gasteiger partial charge on any atom is 0.302 e. The van der Waals surface area contributed by atoms with Crippen LogP contribution in [0.3, 0.4) is 0 Å². The third kappa shape index (κ3) is 2.81. The van der Waals surface area contributed by atoms with E-state index in [4.69, 9.17) is 4.74 Å². The molecule has 0 radical (unpaired) electrons. The Labute approximate surface area is 115 Å². The van der Waals surface area contributed by atoms with Crippen molar-refractivity contribution in [2.75, 3.05) is 0 Å². The van der Waals surface area contributed by atoms with Gasteiger partial charge >= 0.3 is 5.97 Å². The third-order valence-electron chi connectivity index (χ3n) is 3.78. The van der Waals surface area contributed by atoms with Crippen molar-refractivity contribution < 1.29 is 9.53 Å². The van der Waals surface area contributed by atoms with Gasteiger partial charge in [-0.1, -0.05) is 42.7 Å². The first-order valence-corrected chi connectivity index (χ1v) is 6.86. The van der Waals surface area contributed by atoms with Gasteiger partial charge in [-0.15, -0.1) is 5.92 Å². The normalized spacial score (nSPS) is 26.1. The zero-order valence-electron chi connectivity index (χ0n) is 11.6. The van der Waals surface area contributed by atoms with Gasteiger partial charge in [0.2, 0.25) is 0 Å². The predicted molar refractivity (Wildman–Crippen MR) is 75.6 cm³/mol. The molecule has 2 unspecified atom stereocenters. The lowest BCUT2D eigenvalue weighted by molar-refractivity contribution is -0.150. The standard InChI is InChI=1S/C17H20O2/c1-3-12-17(15-9-5-4-6-10-15)13-8-7-11-16(17)19-14(2)18/h4-6,9-10,16H,7-8,11,13H2,1-2H3. The van der Waals surface area contributed by atoms with Gasteiger partial charge in [0.1, 0.15) is 6.10 Å². The van der Waals surface area contributed by atoms with Crippen LogP contribution < -0.4 is 0 Å². The van der Waals surface area contributed by atoms with E-state index in [1.54, 1.807) is 0 Å². The average Bonchev–Trinajstić information content (AvgIpc) is 2.42. The van der Waals surface area contributed by atoms with Gasteiger partial charge in [0.05, 0.1) is 5.41 Å². The molecule has 2 heteroatoms. The topological polar surface area (TPSA) is 26.3 Å². The van der Waals surface area contributed by atoms with Crippen molar-refractivity contribution in [3.05, 3.63) is 35.9 Å². The first-order chi connectivity index (χ1) is 9.19. The van der Waals surface area contributed by atoms with Crippen LogP contribution in [0.4, 0.5) is 0 Å². The van der Waals surface area contributed by atoms with Crippen LogP contribution in [-0.2, 0) is 14.9 Å². The van der Waals surface area contributed by atoms with Crippen LogP contribution in [0.25, 0.3) is 0 Å². The zero-order valence-corrected chi connectivity index (χ0v) is 11.6. The highest BCUT2D eigenvalue weighted by atomic mass is 16.5. The van der Waals surface area contributed by atoms with Gasteiger partial charge in [0, 0.05) is 6.92 Å². The molecule has 0 aromatic heterocycles. The summed E-state index contributed by atoms with van der Waals surface area (Å²) in [5.41, 5.74) is 0.829. The van der Waals surface area contributed by atoms with Crippen molar-refractivity contribution in [2.45, 2.75) is 51.0 Å². The average molecular weight is 256 g/mol. The van der Waals surface area contributed by atoms with Gasteiger partial charge in [0.25, 0.3) is 0 Å². The molecule has 1 aromatic rings. The van der Waals surface area contributed by atoms with Crippen molar-refractivity contribution in [1.29, 1.82) is 0 Å². The fraction of sp³-hybridized carbons (Fsp3) is 0.471. The SMILES string of the molecule is CC#CC1(c2ccccc2)CCCCC1OC(C)=O. The largest absolute Gasteiger partial charge is 0.461 e. The second-order valence-electron chi connectivity index (χ2n) is 5.06. The Morgan fingerprint density at radius 2 is 2.05 bits per heavy atom. The Morgan fingerprint density at radius 3 is 2.68 bits per heavy atom. The lowest BCUT2D eigenvalue weighted by Gasteiger charge is -2.40. The number of benzene rings is 1. The van der Waals surface area contributed by atoms with Crippen LogP contribution in [-0.4, -0.2) is 12.1 Å². The summed E-state index contributed by atoms with van der Waals surface area (Å²) in [5, 5.41) is 0. The Bertz CT molecular complexity index is 495. The van der Waals surface area contributed by atoms with E-state index in [1.807, 2.05) is 25.1 Å². The number of esters is 1. The Kier molecular flexibility index (Phi) is 4.27. The van der Waals surface area contributed by atoms with Gasteiger partial charge in [-0.2, -0.15) is 0 Å². The van der Waals surface area contributed by atoms with Crippen molar-refractivity contribution in [3.8, 4) is 11.8 Å². The minimum Gasteiger partial charge on any atom is -0.461 e. The predicted octanol–water partition coefficient (Wildman–Crippen LogP) is 3.45. The third-order valence-corrected chi connectivity index (χ3v) is 3.78. The number of hydrogen-bond acceptors (Lipinski definition) is 2. The molecule has 0 saturated heterocycles. The van der Waals surface area contributed by atoms with Crippen LogP contribution in [0, 0.1) is 11.8 Å². The molecule has 19 heavy (non-hydrogen) atoms. The van der Waals surface area contributed by atoms with E-state index in [-0.39, 0.29) is 17.5 Å². The maximum absolute atomic E-state index is 11.4. The molecule has 2 rings (SSSR count). The Hall–Kier alpha value is -1.75. The van der Waals surface area contributed by atoms with Crippen LogP contribution in [0.5, 0.6) is 0 Å². The number of ether oxygens (including phenoxy) is 1. The molecule has 0 heterocycles. The number of rotatable bonds is 2.